The molecule has 2 fully saturated rings. The van der Waals surface area contributed by atoms with Gasteiger partial charge in [-0.15, -0.1) is 0 Å². The maximum absolute atomic E-state index is 12.1. The van der Waals surface area contributed by atoms with E-state index in [1.54, 1.807) is 0 Å². The summed E-state index contributed by atoms with van der Waals surface area (Å²) in [7, 11) is 0. The molecule has 4 heteroatoms. The van der Waals surface area contributed by atoms with Gasteiger partial charge in [0.05, 0.1) is 0 Å². The van der Waals surface area contributed by atoms with Crippen molar-refractivity contribution in [2.75, 3.05) is 6.54 Å². The van der Waals surface area contributed by atoms with Gasteiger partial charge < -0.3 is 0 Å². The molecular formula is C17H21Cl2NO. The van der Waals surface area contributed by atoms with Gasteiger partial charge in [0, 0.05) is 40.5 Å². The number of nitrogens with zero attached hydrogens (tertiary/aromatic N) is 1. The zero-order chi connectivity index (χ0) is 14.8. The molecule has 114 valence electrons. The maximum Gasteiger partial charge on any atom is 0.137 e. The lowest BCUT2D eigenvalue weighted by molar-refractivity contribution is -0.123. The van der Waals surface area contributed by atoms with E-state index in [1.165, 1.54) is 12.8 Å². The number of hydrogen-bond donors (Lipinski definition) is 0. The predicted molar refractivity (Wildman–Crippen MR) is 86.9 cm³/mol. The lowest BCUT2D eigenvalue weighted by Gasteiger charge is -2.39. The average Bonchev–Trinajstić information content (AvgIpc) is 2.90. The van der Waals surface area contributed by atoms with Crippen molar-refractivity contribution >= 4 is 29.0 Å². The number of likely N-dealkylation sites (tertiary alicyclic amines) is 1. The van der Waals surface area contributed by atoms with Crippen molar-refractivity contribution in [2.45, 2.75) is 51.1 Å². The van der Waals surface area contributed by atoms with E-state index in [2.05, 4.69) is 4.90 Å². The van der Waals surface area contributed by atoms with Crippen LogP contribution in [0.2, 0.25) is 10.0 Å². The van der Waals surface area contributed by atoms with Crippen LogP contribution in [0.4, 0.5) is 0 Å². The number of Topliss-reactive ketones (excluding diaryl/α,β-unsaturated/α-hetero) is 1. The van der Waals surface area contributed by atoms with Crippen molar-refractivity contribution < 1.29 is 4.79 Å². The Bertz CT molecular complexity index is 511. The highest BCUT2D eigenvalue weighted by molar-refractivity contribution is 6.35. The lowest BCUT2D eigenvalue weighted by atomic mass is 9.88. The summed E-state index contributed by atoms with van der Waals surface area (Å²) in [4.78, 5) is 14.6. The second-order valence-electron chi connectivity index (χ2n) is 6.20. The molecule has 0 spiro atoms. The number of ketones is 1. The Morgan fingerprint density at radius 1 is 1.10 bits per heavy atom. The number of rotatable bonds is 3. The number of carbonyl (C=O) groups excluding carboxylic acids is 1. The SMILES string of the molecule is O=C1CCCC1C1CCCCN1Cc1c(Cl)cccc1Cl. The molecule has 0 amide bonds. The highest BCUT2D eigenvalue weighted by Gasteiger charge is 2.36. The smallest absolute Gasteiger partial charge is 0.137 e. The second-order valence-corrected chi connectivity index (χ2v) is 7.01. The summed E-state index contributed by atoms with van der Waals surface area (Å²) in [6.45, 7) is 1.79. The van der Waals surface area contributed by atoms with E-state index in [0.717, 1.165) is 54.4 Å². The minimum Gasteiger partial charge on any atom is -0.299 e. The summed E-state index contributed by atoms with van der Waals surface area (Å²) >= 11 is 12.6. The predicted octanol–water partition coefficient (Wildman–Crippen LogP) is 4.72. The number of piperidine rings is 1. The largest absolute Gasteiger partial charge is 0.299 e. The van der Waals surface area contributed by atoms with Gasteiger partial charge in [0.2, 0.25) is 0 Å². The Balaban J connectivity index is 1.80. The van der Waals surface area contributed by atoms with Crippen LogP contribution in [0.5, 0.6) is 0 Å². The molecule has 0 N–H and O–H groups in total. The first-order valence-corrected chi connectivity index (χ1v) is 8.62. The average molecular weight is 326 g/mol. The zero-order valence-electron chi connectivity index (χ0n) is 12.2. The lowest BCUT2D eigenvalue weighted by Crippen LogP contribution is -2.45. The molecular weight excluding hydrogens is 305 g/mol. The van der Waals surface area contributed by atoms with Crippen molar-refractivity contribution in [3.63, 3.8) is 0 Å². The Kier molecular flexibility index (Phi) is 4.88. The van der Waals surface area contributed by atoms with Crippen LogP contribution in [0, 0.1) is 5.92 Å². The van der Waals surface area contributed by atoms with E-state index in [4.69, 9.17) is 23.2 Å². The number of hydrogen-bond acceptors (Lipinski definition) is 2. The molecule has 2 nitrogen and oxygen atoms in total. The summed E-state index contributed by atoms with van der Waals surface area (Å²) in [6, 6.07) is 6.04. The standard InChI is InChI=1S/C17H21Cl2NO/c18-14-6-4-7-15(19)13(14)11-20-10-2-1-8-16(20)12-5-3-9-17(12)21/h4,6-7,12,16H,1-3,5,8-11H2. The van der Waals surface area contributed by atoms with Crippen molar-refractivity contribution in [3.05, 3.63) is 33.8 Å². The highest BCUT2D eigenvalue weighted by atomic mass is 35.5. The number of carbonyl (C=O) groups is 1. The number of halogens is 2. The van der Waals surface area contributed by atoms with Crippen LogP contribution in [-0.2, 0) is 11.3 Å². The molecule has 3 rings (SSSR count). The van der Waals surface area contributed by atoms with Crippen LogP contribution in [0.15, 0.2) is 18.2 Å². The molecule has 1 aromatic carbocycles. The van der Waals surface area contributed by atoms with E-state index >= 15 is 0 Å². The van der Waals surface area contributed by atoms with Gasteiger partial charge in [-0.25, -0.2) is 0 Å². The van der Waals surface area contributed by atoms with Crippen molar-refractivity contribution in [1.29, 1.82) is 0 Å². The Morgan fingerprint density at radius 2 is 1.86 bits per heavy atom. The maximum atomic E-state index is 12.1. The van der Waals surface area contributed by atoms with Crippen LogP contribution in [-0.4, -0.2) is 23.3 Å². The van der Waals surface area contributed by atoms with Crippen molar-refractivity contribution in [3.8, 4) is 0 Å². The molecule has 1 saturated carbocycles. The van der Waals surface area contributed by atoms with E-state index in [1.807, 2.05) is 18.2 Å². The third kappa shape index (κ3) is 3.28. The first kappa shape index (κ1) is 15.3. The van der Waals surface area contributed by atoms with E-state index in [9.17, 15) is 4.79 Å². The fraction of sp³-hybridized carbons (Fsp3) is 0.588. The minimum absolute atomic E-state index is 0.228. The van der Waals surface area contributed by atoms with E-state index in [-0.39, 0.29) is 5.92 Å². The van der Waals surface area contributed by atoms with Gasteiger partial charge in [-0.3, -0.25) is 9.69 Å². The molecule has 1 saturated heterocycles. The summed E-state index contributed by atoms with van der Waals surface area (Å²) in [5, 5.41) is 1.45. The topological polar surface area (TPSA) is 20.3 Å². The Hall–Kier alpha value is -0.570. The van der Waals surface area contributed by atoms with Crippen LogP contribution >= 0.6 is 23.2 Å². The van der Waals surface area contributed by atoms with Gasteiger partial charge in [-0.05, 0) is 44.4 Å². The summed E-state index contributed by atoms with van der Waals surface area (Å²) in [5.74, 6) is 0.684. The van der Waals surface area contributed by atoms with E-state index < -0.39 is 0 Å². The van der Waals surface area contributed by atoms with Gasteiger partial charge in [0.15, 0.2) is 0 Å². The fourth-order valence-electron chi connectivity index (χ4n) is 3.80. The molecule has 0 radical (unpaired) electrons. The molecule has 1 heterocycles. The van der Waals surface area contributed by atoms with Gasteiger partial charge in [-0.2, -0.15) is 0 Å². The Labute approximate surface area is 136 Å². The van der Waals surface area contributed by atoms with Crippen LogP contribution < -0.4 is 0 Å². The first-order valence-electron chi connectivity index (χ1n) is 7.86. The molecule has 2 unspecified atom stereocenters. The summed E-state index contributed by atoms with van der Waals surface area (Å²) in [5.41, 5.74) is 0.998. The van der Waals surface area contributed by atoms with Gasteiger partial charge >= 0.3 is 0 Å². The summed E-state index contributed by atoms with van der Waals surface area (Å²) in [6.07, 6.45) is 6.41. The Morgan fingerprint density at radius 3 is 2.52 bits per heavy atom. The van der Waals surface area contributed by atoms with Crippen LogP contribution in [0.3, 0.4) is 0 Å². The van der Waals surface area contributed by atoms with Crippen LogP contribution in [0.25, 0.3) is 0 Å². The van der Waals surface area contributed by atoms with Gasteiger partial charge in [0.1, 0.15) is 5.78 Å². The third-order valence-electron chi connectivity index (χ3n) is 4.90. The monoisotopic (exact) mass is 325 g/mol. The second kappa shape index (κ2) is 6.68. The van der Waals surface area contributed by atoms with Crippen molar-refractivity contribution in [2.24, 2.45) is 5.92 Å². The first-order chi connectivity index (χ1) is 10.2. The summed E-state index contributed by atoms with van der Waals surface area (Å²) < 4.78 is 0. The molecule has 1 aromatic rings. The molecule has 1 aliphatic carbocycles. The van der Waals surface area contributed by atoms with Gasteiger partial charge in [0.25, 0.3) is 0 Å². The van der Waals surface area contributed by atoms with E-state index in [0.29, 0.717) is 11.8 Å². The quantitative estimate of drug-likeness (QED) is 0.801. The number of benzene rings is 1. The third-order valence-corrected chi connectivity index (χ3v) is 5.61. The molecule has 0 aromatic heterocycles. The fourth-order valence-corrected chi connectivity index (χ4v) is 4.32. The van der Waals surface area contributed by atoms with Gasteiger partial charge in [-0.1, -0.05) is 35.7 Å². The van der Waals surface area contributed by atoms with Crippen LogP contribution in [0.1, 0.15) is 44.1 Å². The zero-order valence-corrected chi connectivity index (χ0v) is 13.7. The minimum atomic E-state index is 0.228. The molecule has 0 bridgehead atoms. The molecule has 1 aliphatic heterocycles. The molecule has 2 atom stereocenters. The van der Waals surface area contributed by atoms with Crippen molar-refractivity contribution in [1.82, 2.24) is 4.90 Å². The molecule has 21 heavy (non-hydrogen) atoms. The normalized spacial score (nSPS) is 27.2. The molecule has 2 aliphatic rings. The highest BCUT2D eigenvalue weighted by Crippen LogP contribution is 2.35.